The minimum Gasteiger partial charge on any atom is -0.455 e. The molecule has 1 spiro atoms. The normalized spacial score (nSPS) is 26.9. The van der Waals surface area contributed by atoms with Crippen LogP contribution in [0.25, 0.3) is 0 Å². The number of hydrogen-bond acceptors (Lipinski definition) is 7. The molecule has 10 nitrogen and oxygen atoms in total. The van der Waals surface area contributed by atoms with E-state index in [0.29, 0.717) is 31.2 Å². The third-order valence-electron chi connectivity index (χ3n) is 11.2. The van der Waals surface area contributed by atoms with Gasteiger partial charge in [0, 0.05) is 30.4 Å². The third kappa shape index (κ3) is 8.62. The van der Waals surface area contributed by atoms with Crippen molar-refractivity contribution in [1.82, 2.24) is 14.7 Å². The van der Waals surface area contributed by atoms with E-state index in [2.05, 4.69) is 49.9 Å². The fourth-order valence-corrected chi connectivity index (χ4v) is 10.2. The summed E-state index contributed by atoms with van der Waals surface area (Å²) in [5, 5.41) is 10.8. The first-order chi connectivity index (χ1) is 24.8. The van der Waals surface area contributed by atoms with Crippen molar-refractivity contribution in [3.05, 3.63) is 61.2 Å². The van der Waals surface area contributed by atoms with Gasteiger partial charge in [-0.15, -0.1) is 13.2 Å². The van der Waals surface area contributed by atoms with Gasteiger partial charge in [0.1, 0.15) is 17.7 Å². The van der Waals surface area contributed by atoms with Crippen molar-refractivity contribution in [1.29, 1.82) is 0 Å². The molecule has 4 rings (SSSR count). The minimum atomic E-state index is -1.34. The Morgan fingerprint density at radius 1 is 1.11 bits per heavy atom. The molecule has 3 aliphatic heterocycles. The van der Waals surface area contributed by atoms with Crippen LogP contribution in [-0.4, -0.2) is 104 Å². The van der Waals surface area contributed by atoms with E-state index in [1.165, 1.54) is 0 Å². The van der Waals surface area contributed by atoms with Gasteiger partial charge >= 0.3 is 5.97 Å². The monoisotopic (exact) mass is 799 g/mol. The summed E-state index contributed by atoms with van der Waals surface area (Å²) >= 11 is 3.79. The van der Waals surface area contributed by atoms with Crippen LogP contribution in [0, 0.1) is 23.2 Å². The molecule has 3 aliphatic rings. The number of allylic oxidation sites excluding steroid dienone is 1. The average Bonchev–Trinajstić information content (AvgIpc) is 3.68. The number of ether oxygens (including phenoxy) is 2. The molecule has 1 aromatic carbocycles. The number of alkyl halides is 1. The number of carbonyl (C=O) groups is 4. The molecule has 1 unspecified atom stereocenters. The highest BCUT2D eigenvalue weighted by molar-refractivity contribution is 9.09. The number of fused-ring (bicyclic) bond motifs is 1. The van der Waals surface area contributed by atoms with E-state index in [-0.39, 0.29) is 53.5 Å². The number of esters is 1. The first-order valence-electron chi connectivity index (χ1n) is 19.1. The summed E-state index contributed by atoms with van der Waals surface area (Å²) in [7, 11) is 1.69. The molecule has 1 aromatic rings. The van der Waals surface area contributed by atoms with E-state index in [1.807, 2.05) is 65.0 Å². The molecule has 0 aliphatic carbocycles. The molecule has 53 heavy (non-hydrogen) atoms. The predicted molar refractivity (Wildman–Crippen MR) is 210 cm³/mol. The fourth-order valence-electron chi connectivity index (χ4n) is 9.26. The van der Waals surface area contributed by atoms with Crippen molar-refractivity contribution < 1.29 is 33.8 Å². The molecular formula is C42H62BrN3O7. The van der Waals surface area contributed by atoms with Crippen LogP contribution >= 0.6 is 15.9 Å². The van der Waals surface area contributed by atoms with Crippen molar-refractivity contribution in [3.8, 4) is 0 Å². The van der Waals surface area contributed by atoms with Gasteiger partial charge in [-0.3, -0.25) is 19.2 Å². The molecule has 3 fully saturated rings. The number of rotatable bonds is 17. The molecular weight excluding hydrogens is 738 g/mol. The Bertz CT molecular complexity index is 1510. The van der Waals surface area contributed by atoms with Gasteiger partial charge in [-0.05, 0) is 63.4 Å². The molecule has 3 saturated heterocycles. The van der Waals surface area contributed by atoms with Crippen LogP contribution in [0.1, 0.15) is 99.2 Å². The summed E-state index contributed by atoms with van der Waals surface area (Å²) in [5.74, 6) is -3.35. The average molecular weight is 801 g/mol. The Morgan fingerprint density at radius 2 is 1.75 bits per heavy atom. The van der Waals surface area contributed by atoms with Crippen LogP contribution in [0.2, 0.25) is 0 Å². The number of hydrogen-bond donors (Lipinski definition) is 1. The Labute approximate surface area is 325 Å². The second-order valence-electron chi connectivity index (χ2n) is 17.5. The number of aliphatic hydroxyl groups excluding tert-OH is 1. The Hall–Kier alpha value is -3.02. The summed E-state index contributed by atoms with van der Waals surface area (Å²) in [4.78, 5) is 62.6. The second-order valence-corrected chi connectivity index (χ2v) is 18.7. The van der Waals surface area contributed by atoms with Crippen molar-refractivity contribution in [2.24, 2.45) is 23.2 Å². The first kappa shape index (κ1) is 42.7. The number of halogens is 1. The van der Waals surface area contributed by atoms with Gasteiger partial charge in [-0.2, -0.15) is 0 Å². The zero-order valence-corrected chi connectivity index (χ0v) is 34.8. The Morgan fingerprint density at radius 3 is 2.30 bits per heavy atom. The lowest BCUT2D eigenvalue weighted by molar-refractivity contribution is -0.165. The number of nitrogens with zero attached hydrogens (tertiary/aromatic N) is 3. The number of amides is 3. The molecule has 9 atom stereocenters. The van der Waals surface area contributed by atoms with Crippen LogP contribution in [0.5, 0.6) is 0 Å². The van der Waals surface area contributed by atoms with Crippen LogP contribution in [0.4, 0.5) is 0 Å². The maximum Gasteiger partial charge on any atom is 0.313 e. The minimum absolute atomic E-state index is 0.108. The van der Waals surface area contributed by atoms with Crippen LogP contribution in [0.15, 0.2) is 55.6 Å². The van der Waals surface area contributed by atoms with Gasteiger partial charge in [-0.25, -0.2) is 0 Å². The van der Waals surface area contributed by atoms with Gasteiger partial charge < -0.3 is 29.3 Å². The molecule has 0 aromatic heterocycles. The van der Waals surface area contributed by atoms with Crippen molar-refractivity contribution in [2.45, 2.75) is 134 Å². The summed E-state index contributed by atoms with van der Waals surface area (Å²) in [6, 6.07) is 6.96. The summed E-state index contributed by atoms with van der Waals surface area (Å²) in [5.41, 5.74) is -1.38. The largest absolute Gasteiger partial charge is 0.455 e. The highest BCUT2D eigenvalue weighted by Gasteiger charge is 2.78. The van der Waals surface area contributed by atoms with Crippen LogP contribution in [-0.2, 0) is 28.7 Å². The molecule has 2 bridgehead atoms. The van der Waals surface area contributed by atoms with Gasteiger partial charge in [0.25, 0.3) is 0 Å². The lowest BCUT2D eigenvalue weighted by Crippen LogP contribution is -2.62. The molecule has 0 radical (unpaired) electrons. The van der Waals surface area contributed by atoms with Gasteiger partial charge in [0.2, 0.25) is 17.7 Å². The Balaban J connectivity index is 1.80. The van der Waals surface area contributed by atoms with Crippen LogP contribution < -0.4 is 0 Å². The number of likely N-dealkylation sites (N-methyl/N-ethyl adjacent to an activating group) is 1. The lowest BCUT2D eigenvalue weighted by atomic mass is 9.70. The second kappa shape index (κ2) is 16.8. The Kier molecular flexibility index (Phi) is 13.5. The van der Waals surface area contributed by atoms with Gasteiger partial charge in [0.05, 0.1) is 36.6 Å². The predicted octanol–water partition coefficient (Wildman–Crippen LogP) is 6.47. The van der Waals surface area contributed by atoms with E-state index >= 15 is 4.79 Å². The van der Waals surface area contributed by atoms with E-state index in [9.17, 15) is 19.5 Å². The summed E-state index contributed by atoms with van der Waals surface area (Å²) in [6.45, 7) is 23.9. The summed E-state index contributed by atoms with van der Waals surface area (Å²) < 4.78 is 13.3. The van der Waals surface area contributed by atoms with E-state index < -0.39 is 59.3 Å². The smallest absolute Gasteiger partial charge is 0.313 e. The lowest BCUT2D eigenvalue weighted by Gasteiger charge is -2.46. The number of aliphatic hydroxyl groups is 1. The quantitative estimate of drug-likeness (QED) is 0.109. The molecule has 294 valence electrons. The van der Waals surface area contributed by atoms with Gasteiger partial charge in [0.15, 0.2) is 0 Å². The first-order valence-corrected chi connectivity index (χ1v) is 20.0. The van der Waals surface area contributed by atoms with Crippen molar-refractivity contribution in [2.75, 3.05) is 20.2 Å². The van der Waals surface area contributed by atoms with E-state index in [4.69, 9.17) is 9.47 Å². The van der Waals surface area contributed by atoms with Gasteiger partial charge in [-0.1, -0.05) is 93.0 Å². The molecule has 11 heteroatoms. The molecule has 3 heterocycles. The zero-order valence-electron chi connectivity index (χ0n) is 33.2. The highest BCUT2D eigenvalue weighted by Crippen LogP contribution is 2.61. The van der Waals surface area contributed by atoms with E-state index in [1.54, 1.807) is 33.9 Å². The standard InChI is InChI=1S/C42H62BrN3O7/c1-12-14-20-31(48)44(11)27(5)34(28-18-16-15-17-19-28)52-39(51)32-33-37(49)46(29(24-47)22-26(3)4)36(42(33)23-30(43)35(32)53-42)38(50)45(21-13-2)41(9,10)25-40(6,7)8/h12-13,15-19,26-27,29-30,32-36,47H,1-2,14,20-25H2,3-11H3/t27-,29-,30?,32-,33+,34+,35-,36-,42+/m1/s1. The summed E-state index contributed by atoms with van der Waals surface area (Å²) in [6.07, 6.45) is 4.05. The topological polar surface area (TPSA) is 117 Å². The third-order valence-corrected chi connectivity index (χ3v) is 12.1. The molecule has 1 N–H and O–H groups in total. The van der Waals surface area contributed by atoms with Crippen molar-refractivity contribution >= 4 is 39.6 Å². The van der Waals surface area contributed by atoms with Crippen LogP contribution in [0.3, 0.4) is 0 Å². The molecule has 0 saturated carbocycles. The SMILES string of the molecule is C=CCCC(=O)N(C)[C@H](C)[C@H](OC(=O)[C@H]1[C@@H]2O[C@@]3(CC2Br)[C@@H]1C(=O)N([C@@H](CO)CC(C)C)[C@@H]3C(=O)N(CC=C)C(C)(C)CC(C)(C)C)c1ccccc1. The fraction of sp³-hybridized carbons (Fsp3) is 0.667. The highest BCUT2D eigenvalue weighted by atomic mass is 79.9. The zero-order chi connectivity index (χ0) is 39.6. The maximum absolute atomic E-state index is 15.3. The number of likely N-dealkylation sites (tertiary alicyclic amines) is 1. The maximum atomic E-state index is 15.3. The van der Waals surface area contributed by atoms with E-state index in [0.717, 1.165) is 0 Å². The number of carbonyl (C=O) groups excluding carboxylic acids is 4. The van der Waals surface area contributed by atoms with Crippen molar-refractivity contribution in [3.63, 3.8) is 0 Å². The number of benzene rings is 1. The molecule has 3 amide bonds.